The zero-order valence-electron chi connectivity index (χ0n) is 15.8. The number of carbonyl (C=O) groups is 3. The summed E-state index contributed by atoms with van der Waals surface area (Å²) >= 11 is 0. The second kappa shape index (κ2) is 6.68. The molecular weight excluding hydrogens is 359 g/mol. The summed E-state index contributed by atoms with van der Waals surface area (Å²) in [4.78, 5) is 40.0. The lowest BCUT2D eigenvalue weighted by atomic mass is 9.81. The molecule has 1 heterocycles. The molecule has 3 aliphatic carbocycles. The number of fused-ring (bicyclic) bond motifs is 5. The molecule has 5 rings (SSSR count). The van der Waals surface area contributed by atoms with E-state index in [0.29, 0.717) is 43.2 Å². The molecule has 6 heteroatoms. The Morgan fingerprint density at radius 1 is 0.893 bits per heavy atom. The summed E-state index contributed by atoms with van der Waals surface area (Å²) in [5.74, 6) is 0.267. The van der Waals surface area contributed by atoms with Gasteiger partial charge in [-0.3, -0.25) is 19.3 Å². The first-order valence-corrected chi connectivity index (χ1v) is 10.5. The largest absolute Gasteiger partial charge is 0.326 e. The van der Waals surface area contributed by atoms with Crippen LogP contribution in [0.25, 0.3) is 0 Å². The molecule has 2 bridgehead atoms. The first-order chi connectivity index (χ1) is 13.5. The monoisotopic (exact) mass is 384 g/mol. The molecule has 1 N–H and O–H groups in total. The van der Waals surface area contributed by atoms with E-state index in [9.17, 15) is 18.8 Å². The highest BCUT2D eigenvalue weighted by atomic mass is 19.1. The number of nitrogens with zero attached hydrogens (tertiary/aromatic N) is 1. The number of amides is 3. The zero-order chi connectivity index (χ0) is 19.4. The molecule has 0 radical (unpaired) electrons. The lowest BCUT2D eigenvalue weighted by molar-refractivity contribution is -0.144. The zero-order valence-corrected chi connectivity index (χ0v) is 15.8. The van der Waals surface area contributed by atoms with Crippen molar-refractivity contribution in [3.63, 3.8) is 0 Å². The number of carbonyl (C=O) groups excluding carboxylic acids is 3. The molecule has 1 aromatic carbocycles. The van der Waals surface area contributed by atoms with Gasteiger partial charge in [0.25, 0.3) is 0 Å². The molecule has 4 aliphatic rings. The van der Waals surface area contributed by atoms with Crippen molar-refractivity contribution >= 4 is 23.4 Å². The van der Waals surface area contributed by atoms with Gasteiger partial charge >= 0.3 is 0 Å². The standard InChI is InChI=1S/C22H25FN2O3/c23-15-5-7-16(8-6-15)24-20(26)12-3-9-17(10-4-12)25-21(27)18-13-1-2-14(11-13)19(18)22(25)28/h5-8,12-14,17-19H,1-4,9-11H2,(H,24,26)/t12?,13-,14+,17?,18-,19+. The van der Waals surface area contributed by atoms with E-state index in [1.165, 1.54) is 12.1 Å². The molecule has 4 fully saturated rings. The first kappa shape index (κ1) is 17.8. The molecule has 4 atom stereocenters. The third-order valence-electron chi connectivity index (χ3n) is 7.51. The van der Waals surface area contributed by atoms with E-state index in [-0.39, 0.29) is 47.3 Å². The number of nitrogens with one attached hydrogen (secondary N) is 1. The van der Waals surface area contributed by atoms with Crippen LogP contribution in [0.1, 0.15) is 44.9 Å². The van der Waals surface area contributed by atoms with E-state index in [4.69, 9.17) is 0 Å². The molecule has 3 amide bonds. The van der Waals surface area contributed by atoms with Gasteiger partial charge in [0.15, 0.2) is 0 Å². The summed E-state index contributed by atoms with van der Waals surface area (Å²) in [5, 5.41) is 2.84. The quantitative estimate of drug-likeness (QED) is 0.813. The maximum absolute atomic E-state index is 13.0. The fraction of sp³-hybridized carbons (Fsp3) is 0.591. The molecule has 5 nitrogen and oxygen atoms in total. The van der Waals surface area contributed by atoms with Crippen LogP contribution in [0.3, 0.4) is 0 Å². The van der Waals surface area contributed by atoms with Gasteiger partial charge in [-0.25, -0.2) is 4.39 Å². The number of likely N-dealkylation sites (tertiary alicyclic amines) is 1. The van der Waals surface area contributed by atoms with Crippen LogP contribution in [0, 0.1) is 35.4 Å². The third-order valence-corrected chi connectivity index (χ3v) is 7.51. The van der Waals surface area contributed by atoms with Crippen molar-refractivity contribution in [3.8, 4) is 0 Å². The van der Waals surface area contributed by atoms with Gasteiger partial charge in [0.2, 0.25) is 17.7 Å². The van der Waals surface area contributed by atoms with Crippen LogP contribution >= 0.6 is 0 Å². The first-order valence-electron chi connectivity index (χ1n) is 10.5. The van der Waals surface area contributed by atoms with E-state index in [1.807, 2.05) is 0 Å². The van der Waals surface area contributed by atoms with Crippen LogP contribution in [0.5, 0.6) is 0 Å². The fourth-order valence-corrected chi connectivity index (χ4v) is 6.17. The van der Waals surface area contributed by atoms with E-state index >= 15 is 0 Å². The van der Waals surface area contributed by atoms with Gasteiger partial charge in [0.1, 0.15) is 5.82 Å². The summed E-state index contributed by atoms with van der Waals surface area (Å²) in [6.45, 7) is 0. The van der Waals surface area contributed by atoms with E-state index in [0.717, 1.165) is 19.3 Å². The molecule has 28 heavy (non-hydrogen) atoms. The minimum Gasteiger partial charge on any atom is -0.326 e. The highest BCUT2D eigenvalue weighted by Gasteiger charge is 2.61. The molecule has 3 saturated carbocycles. The van der Waals surface area contributed by atoms with Crippen LogP contribution in [0.4, 0.5) is 10.1 Å². The van der Waals surface area contributed by atoms with Crippen molar-refractivity contribution in [2.75, 3.05) is 5.32 Å². The van der Waals surface area contributed by atoms with Crippen LogP contribution in [0.2, 0.25) is 0 Å². The second-order valence-electron chi connectivity index (χ2n) is 8.93. The van der Waals surface area contributed by atoms with Gasteiger partial charge in [0.05, 0.1) is 11.8 Å². The van der Waals surface area contributed by atoms with Gasteiger partial charge < -0.3 is 5.32 Å². The van der Waals surface area contributed by atoms with Crippen molar-refractivity contribution in [2.45, 2.75) is 51.0 Å². The van der Waals surface area contributed by atoms with Gasteiger partial charge in [0, 0.05) is 17.6 Å². The maximum atomic E-state index is 13.0. The smallest absolute Gasteiger partial charge is 0.233 e. The van der Waals surface area contributed by atoms with Crippen LogP contribution in [0.15, 0.2) is 24.3 Å². The van der Waals surface area contributed by atoms with E-state index in [1.54, 1.807) is 17.0 Å². The normalized spacial score (nSPS) is 36.7. The Hall–Kier alpha value is -2.24. The molecule has 1 aliphatic heterocycles. The number of hydrogen-bond donors (Lipinski definition) is 1. The van der Waals surface area contributed by atoms with Gasteiger partial charge in [-0.05, 0) is 81.0 Å². The highest BCUT2D eigenvalue weighted by Crippen LogP contribution is 2.56. The van der Waals surface area contributed by atoms with E-state index < -0.39 is 0 Å². The lowest BCUT2D eigenvalue weighted by Gasteiger charge is -2.33. The number of anilines is 1. The topological polar surface area (TPSA) is 66.5 Å². The Bertz CT molecular complexity index is 788. The summed E-state index contributed by atoms with van der Waals surface area (Å²) in [6, 6.07) is 5.68. The molecule has 0 aromatic heterocycles. The predicted molar refractivity (Wildman–Crippen MR) is 100 cm³/mol. The Morgan fingerprint density at radius 2 is 1.46 bits per heavy atom. The molecular formula is C22H25FN2O3. The predicted octanol–water partition coefficient (Wildman–Crippen LogP) is 3.35. The average Bonchev–Trinajstić information content (AvgIpc) is 3.38. The number of halogens is 1. The highest BCUT2D eigenvalue weighted by molar-refractivity contribution is 6.06. The van der Waals surface area contributed by atoms with E-state index in [2.05, 4.69) is 5.32 Å². The number of hydrogen-bond acceptors (Lipinski definition) is 3. The van der Waals surface area contributed by atoms with Gasteiger partial charge in [-0.2, -0.15) is 0 Å². The molecule has 0 spiro atoms. The minimum atomic E-state index is -0.336. The maximum Gasteiger partial charge on any atom is 0.233 e. The molecule has 1 aromatic rings. The lowest BCUT2D eigenvalue weighted by Crippen LogP contribution is -2.44. The second-order valence-corrected chi connectivity index (χ2v) is 8.93. The fourth-order valence-electron chi connectivity index (χ4n) is 6.17. The molecule has 0 unspecified atom stereocenters. The molecule has 148 valence electrons. The number of rotatable bonds is 3. The van der Waals surface area contributed by atoms with Crippen LogP contribution < -0.4 is 5.32 Å². The van der Waals surface area contributed by atoms with Gasteiger partial charge in [-0.15, -0.1) is 0 Å². The van der Waals surface area contributed by atoms with Crippen molar-refractivity contribution in [1.29, 1.82) is 0 Å². The SMILES string of the molecule is O=C(Nc1ccc(F)cc1)C1CCC(N2C(=O)[C@@H]3[C@@H]4CC[C@@H](C4)[C@@H]3C2=O)CC1. The van der Waals surface area contributed by atoms with Crippen molar-refractivity contribution in [1.82, 2.24) is 4.90 Å². The molecule has 1 saturated heterocycles. The Morgan fingerprint density at radius 3 is 2.04 bits per heavy atom. The van der Waals surface area contributed by atoms with Crippen molar-refractivity contribution in [3.05, 3.63) is 30.1 Å². The van der Waals surface area contributed by atoms with Gasteiger partial charge in [-0.1, -0.05) is 0 Å². The Kier molecular flexibility index (Phi) is 4.25. The Labute approximate surface area is 163 Å². The number of imide groups is 1. The van der Waals surface area contributed by atoms with Crippen LogP contribution in [-0.2, 0) is 14.4 Å². The van der Waals surface area contributed by atoms with Crippen LogP contribution in [-0.4, -0.2) is 28.7 Å². The summed E-state index contributed by atoms with van der Waals surface area (Å²) < 4.78 is 13.0. The summed E-state index contributed by atoms with van der Waals surface area (Å²) in [5.41, 5.74) is 0.585. The van der Waals surface area contributed by atoms with Crippen molar-refractivity contribution < 1.29 is 18.8 Å². The summed E-state index contributed by atoms with van der Waals surface area (Å²) in [6.07, 6.45) is 5.94. The minimum absolute atomic E-state index is 0.0557. The Balaban J connectivity index is 1.20. The average molecular weight is 384 g/mol. The van der Waals surface area contributed by atoms with Crippen molar-refractivity contribution in [2.24, 2.45) is 29.6 Å². The summed E-state index contributed by atoms with van der Waals surface area (Å²) in [7, 11) is 0. The number of benzene rings is 1. The third kappa shape index (κ3) is 2.76.